The number of ether oxygens (including phenoxy) is 1. The van der Waals surface area contributed by atoms with E-state index in [-0.39, 0.29) is 18.4 Å². The number of nitrogens with zero attached hydrogens (tertiary/aromatic N) is 1. The SMILES string of the molecule is CCOC(=O)C(CCc1ccccc1)NCC(=O)N1CCC2CCCCC21. The Labute approximate surface area is 162 Å². The molecule has 3 unspecified atom stereocenters. The molecular weight excluding hydrogens is 340 g/mol. The van der Waals surface area contributed by atoms with Crippen molar-refractivity contribution < 1.29 is 14.3 Å². The van der Waals surface area contributed by atoms with Crippen molar-refractivity contribution in [3.05, 3.63) is 35.9 Å². The molecule has 0 radical (unpaired) electrons. The Hall–Kier alpha value is -1.88. The Morgan fingerprint density at radius 2 is 1.96 bits per heavy atom. The van der Waals surface area contributed by atoms with Gasteiger partial charge in [0, 0.05) is 12.6 Å². The summed E-state index contributed by atoms with van der Waals surface area (Å²) in [5.74, 6) is 0.540. The zero-order valence-electron chi connectivity index (χ0n) is 16.4. The molecule has 1 aliphatic heterocycles. The summed E-state index contributed by atoms with van der Waals surface area (Å²) < 4.78 is 5.21. The highest BCUT2D eigenvalue weighted by Gasteiger charge is 2.38. The fraction of sp³-hybridized carbons (Fsp3) is 0.636. The summed E-state index contributed by atoms with van der Waals surface area (Å²) in [6.07, 6.45) is 7.44. The molecule has 3 rings (SSSR count). The third kappa shape index (κ3) is 5.32. The van der Waals surface area contributed by atoms with E-state index in [4.69, 9.17) is 4.74 Å². The first-order chi connectivity index (χ1) is 13.2. The normalized spacial score (nSPS) is 22.9. The van der Waals surface area contributed by atoms with Crippen LogP contribution in [0.5, 0.6) is 0 Å². The summed E-state index contributed by atoms with van der Waals surface area (Å²) in [7, 11) is 0. The molecule has 5 heteroatoms. The molecule has 0 bridgehead atoms. The molecule has 5 nitrogen and oxygen atoms in total. The lowest BCUT2D eigenvalue weighted by atomic mass is 9.85. The van der Waals surface area contributed by atoms with Crippen LogP contribution in [0.4, 0.5) is 0 Å². The number of esters is 1. The van der Waals surface area contributed by atoms with Gasteiger partial charge >= 0.3 is 5.97 Å². The topological polar surface area (TPSA) is 58.6 Å². The van der Waals surface area contributed by atoms with Gasteiger partial charge in [0.1, 0.15) is 6.04 Å². The fourth-order valence-electron chi connectivity index (χ4n) is 4.53. The van der Waals surface area contributed by atoms with Crippen LogP contribution in [-0.2, 0) is 20.7 Å². The van der Waals surface area contributed by atoms with Gasteiger partial charge in [0.05, 0.1) is 13.2 Å². The van der Waals surface area contributed by atoms with Gasteiger partial charge in [-0.1, -0.05) is 43.2 Å². The van der Waals surface area contributed by atoms with Crippen molar-refractivity contribution in [1.82, 2.24) is 10.2 Å². The Kier molecular flexibility index (Phi) is 7.27. The monoisotopic (exact) mass is 372 g/mol. The molecule has 0 spiro atoms. The van der Waals surface area contributed by atoms with Gasteiger partial charge in [-0.25, -0.2) is 0 Å². The van der Waals surface area contributed by atoms with Crippen molar-refractivity contribution in [2.75, 3.05) is 19.7 Å². The van der Waals surface area contributed by atoms with Crippen molar-refractivity contribution in [2.24, 2.45) is 5.92 Å². The molecule has 2 aliphatic rings. The van der Waals surface area contributed by atoms with Gasteiger partial charge in [-0.2, -0.15) is 0 Å². The minimum Gasteiger partial charge on any atom is -0.465 e. The summed E-state index contributed by atoms with van der Waals surface area (Å²) in [5, 5.41) is 3.18. The lowest BCUT2D eigenvalue weighted by Gasteiger charge is -2.32. The number of fused-ring (bicyclic) bond motifs is 1. The van der Waals surface area contributed by atoms with Gasteiger partial charge in [0.25, 0.3) is 0 Å². The predicted molar refractivity (Wildman–Crippen MR) is 105 cm³/mol. The minimum absolute atomic E-state index is 0.124. The molecule has 1 saturated carbocycles. The number of nitrogens with one attached hydrogen (secondary N) is 1. The zero-order chi connectivity index (χ0) is 19.1. The van der Waals surface area contributed by atoms with Crippen LogP contribution in [0.2, 0.25) is 0 Å². The van der Waals surface area contributed by atoms with Crippen molar-refractivity contribution >= 4 is 11.9 Å². The number of rotatable bonds is 8. The van der Waals surface area contributed by atoms with E-state index < -0.39 is 6.04 Å². The Balaban J connectivity index is 1.53. The van der Waals surface area contributed by atoms with Crippen LogP contribution in [0, 0.1) is 5.92 Å². The summed E-state index contributed by atoms with van der Waals surface area (Å²) in [6, 6.07) is 10.1. The highest BCUT2D eigenvalue weighted by Crippen LogP contribution is 2.36. The van der Waals surface area contributed by atoms with E-state index in [1.165, 1.54) is 24.8 Å². The number of hydrogen-bond donors (Lipinski definition) is 1. The number of benzene rings is 1. The van der Waals surface area contributed by atoms with Gasteiger partial charge < -0.3 is 9.64 Å². The molecule has 1 saturated heterocycles. The summed E-state index contributed by atoms with van der Waals surface area (Å²) in [5.41, 5.74) is 1.18. The largest absolute Gasteiger partial charge is 0.465 e. The molecule has 2 fully saturated rings. The first kappa shape index (κ1) is 19.9. The van der Waals surface area contributed by atoms with Crippen LogP contribution in [0.25, 0.3) is 0 Å². The Morgan fingerprint density at radius 1 is 1.19 bits per heavy atom. The molecule has 1 heterocycles. The highest BCUT2D eigenvalue weighted by molar-refractivity contribution is 5.81. The first-order valence-corrected chi connectivity index (χ1v) is 10.4. The maximum Gasteiger partial charge on any atom is 0.323 e. The number of amides is 1. The minimum atomic E-state index is -0.445. The van der Waals surface area contributed by atoms with E-state index in [1.807, 2.05) is 25.1 Å². The molecule has 1 N–H and O–H groups in total. The summed E-state index contributed by atoms with van der Waals surface area (Å²) >= 11 is 0. The lowest BCUT2D eigenvalue weighted by molar-refractivity contribution is -0.146. The van der Waals surface area contributed by atoms with Gasteiger partial charge in [-0.15, -0.1) is 0 Å². The van der Waals surface area contributed by atoms with E-state index in [0.717, 1.165) is 25.8 Å². The molecule has 148 valence electrons. The van der Waals surface area contributed by atoms with E-state index >= 15 is 0 Å². The number of aryl methyl sites for hydroxylation is 1. The van der Waals surface area contributed by atoms with Gasteiger partial charge in [-0.05, 0) is 50.5 Å². The van der Waals surface area contributed by atoms with Gasteiger partial charge in [0.2, 0.25) is 5.91 Å². The van der Waals surface area contributed by atoms with Crippen molar-refractivity contribution in [3.63, 3.8) is 0 Å². The molecular formula is C22H32N2O3. The first-order valence-electron chi connectivity index (χ1n) is 10.4. The maximum absolute atomic E-state index is 12.8. The van der Waals surface area contributed by atoms with Crippen LogP contribution in [-0.4, -0.2) is 48.6 Å². The van der Waals surface area contributed by atoms with Crippen molar-refractivity contribution in [1.29, 1.82) is 0 Å². The number of likely N-dealkylation sites (tertiary alicyclic amines) is 1. The van der Waals surface area contributed by atoms with Crippen LogP contribution in [0.15, 0.2) is 30.3 Å². The van der Waals surface area contributed by atoms with E-state index in [2.05, 4.69) is 22.3 Å². The smallest absolute Gasteiger partial charge is 0.323 e. The van der Waals surface area contributed by atoms with Crippen LogP contribution < -0.4 is 5.32 Å². The lowest BCUT2D eigenvalue weighted by Crippen LogP contribution is -2.47. The second-order valence-electron chi connectivity index (χ2n) is 7.70. The molecule has 3 atom stereocenters. The molecule has 27 heavy (non-hydrogen) atoms. The predicted octanol–water partition coefficient (Wildman–Crippen LogP) is 2.93. The Morgan fingerprint density at radius 3 is 2.74 bits per heavy atom. The van der Waals surface area contributed by atoms with Gasteiger partial charge in [-0.3, -0.25) is 14.9 Å². The highest BCUT2D eigenvalue weighted by atomic mass is 16.5. The molecule has 1 aliphatic carbocycles. The summed E-state index contributed by atoms with van der Waals surface area (Å²) in [6.45, 7) is 3.24. The second kappa shape index (κ2) is 9.88. The van der Waals surface area contributed by atoms with Crippen molar-refractivity contribution in [2.45, 2.75) is 64.0 Å². The molecule has 0 aromatic heterocycles. The molecule has 1 aromatic carbocycles. The molecule has 1 aromatic rings. The number of carbonyl (C=O) groups excluding carboxylic acids is 2. The van der Waals surface area contributed by atoms with E-state index in [9.17, 15) is 9.59 Å². The average Bonchev–Trinajstić information content (AvgIpc) is 3.13. The number of hydrogen-bond acceptors (Lipinski definition) is 4. The maximum atomic E-state index is 12.8. The van der Waals surface area contributed by atoms with Crippen molar-refractivity contribution in [3.8, 4) is 0 Å². The van der Waals surface area contributed by atoms with Crippen LogP contribution in [0.1, 0.15) is 51.0 Å². The number of carbonyl (C=O) groups is 2. The average molecular weight is 373 g/mol. The third-order valence-electron chi connectivity index (χ3n) is 5.97. The second-order valence-corrected chi connectivity index (χ2v) is 7.70. The van der Waals surface area contributed by atoms with E-state index in [0.29, 0.717) is 25.0 Å². The van der Waals surface area contributed by atoms with Crippen LogP contribution in [0.3, 0.4) is 0 Å². The standard InChI is InChI=1S/C22H32N2O3/c1-2-27-22(26)19(13-12-17-8-4-3-5-9-17)23-16-21(25)24-15-14-18-10-6-7-11-20(18)24/h3-5,8-9,18-20,23H,2,6-7,10-16H2,1H3. The zero-order valence-corrected chi connectivity index (χ0v) is 16.4. The third-order valence-corrected chi connectivity index (χ3v) is 5.97. The summed E-state index contributed by atoms with van der Waals surface area (Å²) in [4.78, 5) is 27.1. The van der Waals surface area contributed by atoms with E-state index in [1.54, 1.807) is 0 Å². The van der Waals surface area contributed by atoms with Crippen LogP contribution >= 0.6 is 0 Å². The molecule has 1 amide bonds. The quantitative estimate of drug-likeness (QED) is 0.713. The Bertz CT molecular complexity index is 619. The fourth-order valence-corrected chi connectivity index (χ4v) is 4.53. The van der Waals surface area contributed by atoms with Gasteiger partial charge in [0.15, 0.2) is 0 Å².